The van der Waals surface area contributed by atoms with Gasteiger partial charge in [0.05, 0.1) is 14.2 Å². The number of anilines is 5. The molecule has 0 unspecified atom stereocenters. The molecule has 35 heavy (non-hydrogen) atoms. The summed E-state index contributed by atoms with van der Waals surface area (Å²) in [4.78, 5) is 21.4. The number of amides is 1. The van der Waals surface area contributed by atoms with E-state index in [0.717, 1.165) is 28.9 Å². The van der Waals surface area contributed by atoms with Crippen molar-refractivity contribution in [3.05, 3.63) is 89.9 Å². The van der Waals surface area contributed by atoms with Crippen LogP contribution in [0.5, 0.6) is 11.5 Å². The summed E-state index contributed by atoms with van der Waals surface area (Å²) in [5.74, 6) is 0.889. The fourth-order valence-electron chi connectivity index (χ4n) is 3.29. The maximum Gasteiger partial charge on any atom is 0.255 e. The number of rotatable bonds is 8. The van der Waals surface area contributed by atoms with E-state index < -0.39 is 11.7 Å². The van der Waals surface area contributed by atoms with Crippen LogP contribution in [0, 0.1) is 12.7 Å². The molecule has 0 bridgehead atoms. The van der Waals surface area contributed by atoms with Gasteiger partial charge in [-0.2, -0.15) is 4.98 Å². The highest BCUT2D eigenvalue weighted by Crippen LogP contribution is 2.23. The number of carbonyl (C=O) groups excluding carboxylic acids is 1. The van der Waals surface area contributed by atoms with E-state index in [9.17, 15) is 9.18 Å². The van der Waals surface area contributed by atoms with Gasteiger partial charge in [0, 0.05) is 34.4 Å². The fourth-order valence-corrected chi connectivity index (χ4v) is 3.29. The van der Waals surface area contributed by atoms with Gasteiger partial charge in [-0.15, -0.1) is 0 Å². The normalized spacial score (nSPS) is 10.4. The Morgan fingerprint density at radius 3 is 2.11 bits per heavy atom. The molecule has 4 aromatic rings. The number of nitrogens with zero attached hydrogens (tertiary/aromatic N) is 2. The van der Waals surface area contributed by atoms with Crippen LogP contribution in [0.2, 0.25) is 0 Å². The van der Waals surface area contributed by atoms with Gasteiger partial charge in [0.15, 0.2) is 11.6 Å². The zero-order valence-corrected chi connectivity index (χ0v) is 19.4. The fraction of sp³-hybridized carbons (Fsp3) is 0.115. The average molecular weight is 474 g/mol. The Bertz CT molecular complexity index is 1330. The summed E-state index contributed by atoms with van der Waals surface area (Å²) >= 11 is 0. The molecule has 0 aliphatic rings. The predicted octanol–water partition coefficient (Wildman–Crippen LogP) is 5.68. The minimum absolute atomic E-state index is 0.0812. The minimum atomic E-state index is -0.598. The molecule has 1 aromatic heterocycles. The first-order chi connectivity index (χ1) is 16.9. The molecule has 4 rings (SSSR count). The Balaban J connectivity index is 1.41. The number of methoxy groups -OCH3 is 2. The minimum Gasteiger partial charge on any atom is -0.497 e. The lowest BCUT2D eigenvalue weighted by atomic mass is 10.2. The van der Waals surface area contributed by atoms with Crippen molar-refractivity contribution in [2.45, 2.75) is 6.92 Å². The monoisotopic (exact) mass is 473 g/mol. The number of hydrogen-bond donors (Lipinski definition) is 3. The summed E-state index contributed by atoms with van der Waals surface area (Å²) in [7, 11) is 2.99. The van der Waals surface area contributed by atoms with E-state index >= 15 is 0 Å². The van der Waals surface area contributed by atoms with Crippen molar-refractivity contribution in [2.75, 3.05) is 30.2 Å². The molecule has 0 aliphatic heterocycles. The summed E-state index contributed by atoms with van der Waals surface area (Å²) in [6, 6.07) is 20.4. The van der Waals surface area contributed by atoms with Gasteiger partial charge in [-0.1, -0.05) is 0 Å². The van der Waals surface area contributed by atoms with Gasteiger partial charge in [0.25, 0.3) is 5.91 Å². The lowest BCUT2D eigenvalue weighted by Crippen LogP contribution is -2.12. The molecule has 1 heterocycles. The number of nitrogens with one attached hydrogen (secondary N) is 3. The molecule has 178 valence electrons. The highest BCUT2D eigenvalue weighted by molar-refractivity contribution is 6.04. The first-order valence-corrected chi connectivity index (χ1v) is 10.7. The number of benzene rings is 3. The number of halogens is 1. The SMILES string of the molecule is COc1ccc(Nc2cc(C)nc(Nc3ccc(NC(=O)c4ccc(OC)c(F)c4)cc3)n2)cc1. The Morgan fingerprint density at radius 2 is 1.46 bits per heavy atom. The summed E-state index contributed by atoms with van der Waals surface area (Å²) < 4.78 is 23.9. The van der Waals surface area contributed by atoms with E-state index in [0.29, 0.717) is 17.5 Å². The van der Waals surface area contributed by atoms with Crippen molar-refractivity contribution < 1.29 is 18.7 Å². The molecular formula is C26H24FN5O3. The van der Waals surface area contributed by atoms with E-state index in [2.05, 4.69) is 25.9 Å². The van der Waals surface area contributed by atoms with Crippen LogP contribution in [0.1, 0.15) is 16.1 Å². The highest BCUT2D eigenvalue weighted by atomic mass is 19.1. The van der Waals surface area contributed by atoms with E-state index in [4.69, 9.17) is 9.47 Å². The predicted molar refractivity (Wildman–Crippen MR) is 134 cm³/mol. The Hall–Kier alpha value is -4.66. The van der Waals surface area contributed by atoms with Gasteiger partial charge in [-0.3, -0.25) is 4.79 Å². The summed E-state index contributed by atoms with van der Waals surface area (Å²) in [6.07, 6.45) is 0. The molecular weight excluding hydrogens is 449 g/mol. The van der Waals surface area contributed by atoms with Gasteiger partial charge in [0.1, 0.15) is 11.6 Å². The second-order valence-corrected chi connectivity index (χ2v) is 7.58. The van der Waals surface area contributed by atoms with Crippen LogP contribution in [-0.2, 0) is 0 Å². The van der Waals surface area contributed by atoms with Gasteiger partial charge >= 0.3 is 0 Å². The van der Waals surface area contributed by atoms with Gasteiger partial charge in [0.2, 0.25) is 5.95 Å². The highest BCUT2D eigenvalue weighted by Gasteiger charge is 2.11. The van der Waals surface area contributed by atoms with Crippen LogP contribution in [0.3, 0.4) is 0 Å². The second kappa shape index (κ2) is 10.5. The van der Waals surface area contributed by atoms with Crippen molar-refractivity contribution >= 4 is 34.7 Å². The Kier molecular flexibility index (Phi) is 7.06. The van der Waals surface area contributed by atoms with Crippen molar-refractivity contribution in [1.82, 2.24) is 9.97 Å². The van der Waals surface area contributed by atoms with E-state index in [1.54, 1.807) is 31.4 Å². The molecule has 3 aromatic carbocycles. The molecule has 3 N–H and O–H groups in total. The van der Waals surface area contributed by atoms with Gasteiger partial charge in [-0.05, 0) is 73.7 Å². The van der Waals surface area contributed by atoms with E-state index in [-0.39, 0.29) is 11.3 Å². The third-order valence-corrected chi connectivity index (χ3v) is 5.03. The molecule has 0 atom stereocenters. The van der Waals surface area contributed by atoms with Gasteiger partial charge < -0.3 is 25.4 Å². The van der Waals surface area contributed by atoms with Crippen LogP contribution >= 0.6 is 0 Å². The van der Waals surface area contributed by atoms with Crippen molar-refractivity contribution in [1.29, 1.82) is 0 Å². The lowest BCUT2D eigenvalue weighted by molar-refractivity contribution is 0.102. The van der Waals surface area contributed by atoms with Crippen LogP contribution in [0.4, 0.5) is 33.2 Å². The van der Waals surface area contributed by atoms with Crippen LogP contribution in [0.15, 0.2) is 72.8 Å². The molecule has 0 fully saturated rings. The standard InChI is InChI=1S/C26H24FN5O3/c1-16-14-24(29-18-9-11-21(34-2)12-10-18)32-26(28-16)31-20-7-5-19(6-8-20)30-25(33)17-4-13-23(35-3)22(27)15-17/h4-15H,1-3H3,(H,30,33)(H2,28,29,31,32). The second-order valence-electron chi connectivity index (χ2n) is 7.58. The van der Waals surface area contributed by atoms with E-state index in [1.165, 1.54) is 19.2 Å². The van der Waals surface area contributed by atoms with Crippen LogP contribution < -0.4 is 25.4 Å². The first-order valence-electron chi connectivity index (χ1n) is 10.7. The van der Waals surface area contributed by atoms with Gasteiger partial charge in [-0.25, -0.2) is 9.37 Å². The molecule has 0 saturated heterocycles. The number of carbonyl (C=O) groups is 1. The lowest BCUT2D eigenvalue weighted by Gasteiger charge is -2.11. The van der Waals surface area contributed by atoms with Crippen LogP contribution in [-0.4, -0.2) is 30.1 Å². The molecule has 0 saturated carbocycles. The Labute approximate surface area is 202 Å². The Morgan fingerprint density at radius 1 is 0.800 bits per heavy atom. The maximum absolute atomic E-state index is 13.9. The third-order valence-electron chi connectivity index (χ3n) is 5.03. The topological polar surface area (TPSA) is 97.4 Å². The average Bonchev–Trinajstić information content (AvgIpc) is 2.85. The molecule has 0 aliphatic carbocycles. The number of ether oxygens (including phenoxy) is 2. The number of hydrogen-bond acceptors (Lipinski definition) is 7. The molecule has 1 amide bonds. The maximum atomic E-state index is 13.9. The van der Waals surface area contributed by atoms with Crippen molar-refractivity contribution in [3.8, 4) is 11.5 Å². The zero-order valence-electron chi connectivity index (χ0n) is 19.4. The quantitative estimate of drug-likeness (QED) is 0.303. The third kappa shape index (κ3) is 6.02. The summed E-state index contributed by atoms with van der Waals surface area (Å²) in [5, 5.41) is 9.16. The molecule has 8 nitrogen and oxygen atoms in total. The van der Waals surface area contributed by atoms with Crippen molar-refractivity contribution in [2.24, 2.45) is 0 Å². The van der Waals surface area contributed by atoms with E-state index in [1.807, 2.05) is 37.3 Å². The smallest absolute Gasteiger partial charge is 0.255 e. The number of aryl methyl sites for hydroxylation is 1. The summed E-state index contributed by atoms with van der Waals surface area (Å²) in [5.41, 5.74) is 3.14. The largest absolute Gasteiger partial charge is 0.497 e. The first kappa shape index (κ1) is 23.5. The van der Waals surface area contributed by atoms with Crippen LogP contribution in [0.25, 0.3) is 0 Å². The van der Waals surface area contributed by atoms with Crippen molar-refractivity contribution in [3.63, 3.8) is 0 Å². The molecule has 9 heteroatoms. The zero-order chi connectivity index (χ0) is 24.8. The number of aromatic nitrogens is 2. The molecule has 0 radical (unpaired) electrons. The molecule has 0 spiro atoms. The summed E-state index contributed by atoms with van der Waals surface area (Å²) in [6.45, 7) is 1.88.